The number of nitrogens with zero attached hydrogens (tertiary/aromatic N) is 4. The first-order valence-corrected chi connectivity index (χ1v) is 11.0. The SMILES string of the molecule is COC(=O)c1c(-c2ccc(CN3CCN(C)CC3)c(F)c2)nn(-c2ccccc2)c1C(=O)OC. The molecule has 0 N–H and O–H groups in total. The zero-order valence-electron chi connectivity index (χ0n) is 19.5. The minimum absolute atomic E-state index is 0.0792. The van der Waals surface area contributed by atoms with Gasteiger partial charge in [-0.1, -0.05) is 30.3 Å². The lowest BCUT2D eigenvalue weighted by atomic mass is 10.0. The average Bonchev–Trinajstić information content (AvgIpc) is 3.27. The zero-order chi connectivity index (χ0) is 24.2. The van der Waals surface area contributed by atoms with Crippen molar-refractivity contribution >= 4 is 11.9 Å². The third-order valence-corrected chi connectivity index (χ3v) is 5.97. The number of carbonyl (C=O) groups excluding carboxylic acids is 2. The molecule has 1 saturated heterocycles. The number of carbonyl (C=O) groups is 2. The molecule has 0 radical (unpaired) electrons. The Labute approximate surface area is 197 Å². The molecule has 0 atom stereocenters. The number of esters is 2. The van der Waals surface area contributed by atoms with Crippen molar-refractivity contribution < 1.29 is 23.5 Å². The summed E-state index contributed by atoms with van der Waals surface area (Å²) in [6.45, 7) is 4.11. The van der Waals surface area contributed by atoms with E-state index in [0.717, 1.165) is 26.2 Å². The molecule has 1 fully saturated rings. The molecule has 178 valence electrons. The summed E-state index contributed by atoms with van der Waals surface area (Å²) in [5.41, 5.74) is 1.44. The molecular formula is C25H27FN4O4. The topological polar surface area (TPSA) is 76.9 Å². The van der Waals surface area contributed by atoms with Crippen molar-refractivity contribution in [1.29, 1.82) is 0 Å². The standard InChI is InChI=1S/C25H27FN4O4/c1-28-11-13-29(14-12-28)16-18-10-9-17(15-20(18)26)22-21(24(31)33-2)23(25(32)34-3)30(27-22)19-7-5-4-6-8-19/h4-10,15H,11-14,16H2,1-3H3. The second-order valence-electron chi connectivity index (χ2n) is 8.19. The van der Waals surface area contributed by atoms with Crippen LogP contribution in [0.4, 0.5) is 4.39 Å². The maximum Gasteiger partial charge on any atom is 0.357 e. The first-order valence-electron chi connectivity index (χ1n) is 11.0. The van der Waals surface area contributed by atoms with Gasteiger partial charge in [-0.25, -0.2) is 18.7 Å². The van der Waals surface area contributed by atoms with Crippen molar-refractivity contribution in [1.82, 2.24) is 19.6 Å². The number of halogens is 1. The van der Waals surface area contributed by atoms with E-state index in [4.69, 9.17) is 9.47 Å². The van der Waals surface area contributed by atoms with Crippen molar-refractivity contribution in [2.75, 3.05) is 47.4 Å². The van der Waals surface area contributed by atoms with Gasteiger partial charge in [-0.15, -0.1) is 0 Å². The lowest BCUT2D eigenvalue weighted by Gasteiger charge is -2.32. The fourth-order valence-electron chi connectivity index (χ4n) is 4.03. The Kier molecular flexibility index (Phi) is 7.04. The van der Waals surface area contributed by atoms with Crippen molar-refractivity contribution in [3.05, 3.63) is 71.2 Å². The molecule has 0 aliphatic carbocycles. The van der Waals surface area contributed by atoms with E-state index in [1.54, 1.807) is 36.4 Å². The molecule has 2 aromatic carbocycles. The lowest BCUT2D eigenvalue weighted by molar-refractivity contribution is 0.0549. The Morgan fingerprint density at radius 2 is 1.65 bits per heavy atom. The van der Waals surface area contributed by atoms with Crippen LogP contribution < -0.4 is 0 Å². The van der Waals surface area contributed by atoms with Gasteiger partial charge in [0.25, 0.3) is 0 Å². The first kappa shape index (κ1) is 23.6. The van der Waals surface area contributed by atoms with Crippen LogP contribution in [-0.4, -0.2) is 79.0 Å². The van der Waals surface area contributed by atoms with Crippen LogP contribution in [0.2, 0.25) is 0 Å². The number of likely N-dealkylation sites (N-methyl/N-ethyl adjacent to an activating group) is 1. The summed E-state index contributed by atoms with van der Waals surface area (Å²) in [5.74, 6) is -1.92. The van der Waals surface area contributed by atoms with Crippen LogP contribution in [0.5, 0.6) is 0 Å². The van der Waals surface area contributed by atoms with Crippen LogP contribution in [0.15, 0.2) is 48.5 Å². The van der Waals surface area contributed by atoms with Gasteiger partial charge in [-0.3, -0.25) is 4.90 Å². The second-order valence-corrected chi connectivity index (χ2v) is 8.19. The lowest BCUT2D eigenvalue weighted by Crippen LogP contribution is -2.44. The van der Waals surface area contributed by atoms with Gasteiger partial charge in [0, 0.05) is 43.9 Å². The third-order valence-electron chi connectivity index (χ3n) is 5.97. The van der Waals surface area contributed by atoms with Crippen LogP contribution >= 0.6 is 0 Å². The van der Waals surface area contributed by atoms with Crippen LogP contribution in [0.3, 0.4) is 0 Å². The van der Waals surface area contributed by atoms with Crippen molar-refractivity contribution in [2.45, 2.75) is 6.54 Å². The van der Waals surface area contributed by atoms with Crippen molar-refractivity contribution in [3.8, 4) is 16.9 Å². The highest BCUT2D eigenvalue weighted by molar-refractivity contribution is 6.06. The third kappa shape index (κ3) is 4.71. The molecule has 1 aliphatic rings. The van der Waals surface area contributed by atoms with E-state index in [2.05, 4.69) is 21.9 Å². The summed E-state index contributed by atoms with van der Waals surface area (Å²) >= 11 is 0. The predicted molar refractivity (Wildman–Crippen MR) is 124 cm³/mol. The normalized spacial score (nSPS) is 14.7. The molecule has 0 unspecified atom stereocenters. The molecule has 2 heterocycles. The number of piperazine rings is 1. The van der Waals surface area contributed by atoms with E-state index in [-0.39, 0.29) is 17.0 Å². The van der Waals surface area contributed by atoms with E-state index >= 15 is 4.39 Å². The fourth-order valence-corrected chi connectivity index (χ4v) is 4.03. The van der Waals surface area contributed by atoms with Crippen LogP contribution in [0.25, 0.3) is 16.9 Å². The van der Waals surface area contributed by atoms with Crippen molar-refractivity contribution in [2.24, 2.45) is 0 Å². The Balaban J connectivity index is 1.77. The highest BCUT2D eigenvalue weighted by atomic mass is 19.1. The zero-order valence-corrected chi connectivity index (χ0v) is 19.5. The summed E-state index contributed by atoms with van der Waals surface area (Å²) in [4.78, 5) is 29.9. The summed E-state index contributed by atoms with van der Waals surface area (Å²) in [7, 11) is 4.51. The average molecular weight is 467 g/mol. The van der Waals surface area contributed by atoms with Gasteiger partial charge in [0.2, 0.25) is 0 Å². The summed E-state index contributed by atoms with van der Waals surface area (Å²) in [5, 5.41) is 4.52. The summed E-state index contributed by atoms with van der Waals surface area (Å²) in [6.07, 6.45) is 0. The molecule has 3 aromatic rings. The van der Waals surface area contributed by atoms with E-state index in [1.165, 1.54) is 25.0 Å². The molecule has 0 saturated carbocycles. The molecule has 0 spiro atoms. The Bertz CT molecular complexity index is 1190. The predicted octanol–water partition coefficient (Wildman–Crippen LogP) is 3.00. The number of hydrogen-bond donors (Lipinski definition) is 0. The summed E-state index contributed by atoms with van der Waals surface area (Å²) in [6, 6.07) is 13.6. The van der Waals surface area contributed by atoms with Crippen LogP contribution in [0.1, 0.15) is 26.4 Å². The Hall–Kier alpha value is -3.56. The van der Waals surface area contributed by atoms with Gasteiger partial charge >= 0.3 is 11.9 Å². The largest absolute Gasteiger partial charge is 0.465 e. The van der Waals surface area contributed by atoms with E-state index in [0.29, 0.717) is 23.4 Å². The number of rotatable bonds is 6. The number of hydrogen-bond acceptors (Lipinski definition) is 7. The molecule has 4 rings (SSSR count). The van der Waals surface area contributed by atoms with Gasteiger partial charge in [-0.2, -0.15) is 5.10 Å². The highest BCUT2D eigenvalue weighted by Gasteiger charge is 2.31. The van der Waals surface area contributed by atoms with E-state index < -0.39 is 17.8 Å². The Morgan fingerprint density at radius 3 is 2.26 bits per heavy atom. The number of para-hydroxylation sites is 1. The monoisotopic (exact) mass is 466 g/mol. The quantitative estimate of drug-likeness (QED) is 0.517. The molecule has 8 nitrogen and oxygen atoms in total. The van der Waals surface area contributed by atoms with Gasteiger partial charge in [-0.05, 0) is 25.2 Å². The van der Waals surface area contributed by atoms with Gasteiger partial charge in [0.1, 0.15) is 17.1 Å². The fraction of sp³-hybridized carbons (Fsp3) is 0.320. The molecule has 0 amide bonds. The molecular weight excluding hydrogens is 439 g/mol. The number of ether oxygens (including phenoxy) is 2. The Morgan fingerprint density at radius 1 is 0.971 bits per heavy atom. The number of benzene rings is 2. The van der Waals surface area contributed by atoms with Crippen LogP contribution in [0, 0.1) is 5.82 Å². The second kappa shape index (κ2) is 10.1. The number of aromatic nitrogens is 2. The molecule has 1 aromatic heterocycles. The van der Waals surface area contributed by atoms with Gasteiger partial charge < -0.3 is 14.4 Å². The maximum atomic E-state index is 15.2. The molecule has 1 aliphatic heterocycles. The molecule has 0 bridgehead atoms. The molecule has 34 heavy (non-hydrogen) atoms. The smallest absolute Gasteiger partial charge is 0.357 e. The minimum Gasteiger partial charge on any atom is -0.465 e. The van der Waals surface area contributed by atoms with Crippen molar-refractivity contribution in [3.63, 3.8) is 0 Å². The minimum atomic E-state index is -0.764. The molecule has 9 heteroatoms. The van der Waals surface area contributed by atoms with E-state index in [1.807, 2.05) is 6.07 Å². The highest BCUT2D eigenvalue weighted by Crippen LogP contribution is 2.30. The van der Waals surface area contributed by atoms with E-state index in [9.17, 15) is 9.59 Å². The number of methoxy groups -OCH3 is 2. The summed E-state index contributed by atoms with van der Waals surface area (Å²) < 4.78 is 26.3. The first-order chi connectivity index (χ1) is 16.4. The van der Waals surface area contributed by atoms with Crippen LogP contribution in [-0.2, 0) is 16.0 Å². The van der Waals surface area contributed by atoms with Gasteiger partial charge in [0.15, 0.2) is 5.69 Å². The maximum absolute atomic E-state index is 15.2. The van der Waals surface area contributed by atoms with Gasteiger partial charge in [0.05, 0.1) is 19.9 Å².